The number of halogens is 1. The Balaban J connectivity index is 2.29. The Morgan fingerprint density at radius 1 is 1.42 bits per heavy atom. The third-order valence-corrected chi connectivity index (χ3v) is 5.62. The molecule has 0 saturated heterocycles. The van der Waals surface area contributed by atoms with E-state index >= 15 is 0 Å². The normalized spacial score (nSPS) is 27.7. The van der Waals surface area contributed by atoms with E-state index in [1.807, 2.05) is 0 Å². The van der Waals surface area contributed by atoms with Crippen LogP contribution >= 0.6 is 15.9 Å². The summed E-state index contributed by atoms with van der Waals surface area (Å²) in [5, 5.41) is 4.68. The van der Waals surface area contributed by atoms with E-state index in [0.717, 1.165) is 31.5 Å². The van der Waals surface area contributed by atoms with E-state index in [1.54, 1.807) is 0 Å². The third kappa shape index (κ3) is 2.89. The van der Waals surface area contributed by atoms with Crippen molar-refractivity contribution < 1.29 is 0 Å². The van der Waals surface area contributed by atoms with Crippen LogP contribution in [0.4, 0.5) is 0 Å². The molecular weight excluding hydrogens is 302 g/mol. The number of hydrogen-bond acceptors (Lipinski definition) is 2. The second-order valence-electron chi connectivity index (χ2n) is 5.93. The van der Waals surface area contributed by atoms with Gasteiger partial charge in [0.25, 0.3) is 0 Å². The van der Waals surface area contributed by atoms with Crippen molar-refractivity contribution in [3.8, 4) is 0 Å². The molecule has 1 aliphatic rings. The van der Waals surface area contributed by atoms with Gasteiger partial charge in [-0.3, -0.25) is 4.68 Å². The Morgan fingerprint density at radius 3 is 2.74 bits per heavy atom. The lowest BCUT2D eigenvalue weighted by Gasteiger charge is -2.39. The molecule has 2 N–H and O–H groups in total. The summed E-state index contributed by atoms with van der Waals surface area (Å²) >= 11 is 3.74. The first kappa shape index (κ1) is 15.0. The molecule has 2 rings (SSSR count). The summed E-state index contributed by atoms with van der Waals surface area (Å²) in [4.78, 5) is 0. The van der Waals surface area contributed by atoms with Crippen molar-refractivity contribution in [2.45, 2.75) is 71.4 Å². The van der Waals surface area contributed by atoms with E-state index in [1.165, 1.54) is 29.4 Å². The highest BCUT2D eigenvalue weighted by molar-refractivity contribution is 9.10. The number of nitrogens with zero attached hydrogens (tertiary/aromatic N) is 2. The molecular formula is C15H26BrN3. The zero-order valence-corrected chi connectivity index (χ0v) is 14.0. The van der Waals surface area contributed by atoms with E-state index in [9.17, 15) is 0 Å². The Bertz CT molecular complexity index is 441. The van der Waals surface area contributed by atoms with Crippen molar-refractivity contribution >= 4 is 15.9 Å². The topological polar surface area (TPSA) is 43.8 Å². The largest absolute Gasteiger partial charge is 0.325 e. The maximum absolute atomic E-state index is 6.72. The second kappa shape index (κ2) is 5.96. The summed E-state index contributed by atoms with van der Waals surface area (Å²) < 4.78 is 3.30. The molecule has 1 saturated carbocycles. The minimum Gasteiger partial charge on any atom is -0.325 e. The fourth-order valence-corrected chi connectivity index (χ4v) is 3.90. The monoisotopic (exact) mass is 327 g/mol. The van der Waals surface area contributed by atoms with Crippen LogP contribution in [0, 0.1) is 5.92 Å². The van der Waals surface area contributed by atoms with Crippen LogP contribution in [-0.2, 0) is 19.4 Å². The number of hydrogen-bond donors (Lipinski definition) is 1. The molecule has 1 aromatic heterocycles. The van der Waals surface area contributed by atoms with Crippen LogP contribution < -0.4 is 5.73 Å². The van der Waals surface area contributed by atoms with E-state index in [2.05, 4.69) is 46.5 Å². The van der Waals surface area contributed by atoms with E-state index in [-0.39, 0.29) is 5.54 Å². The van der Waals surface area contributed by atoms with Gasteiger partial charge in [0.2, 0.25) is 0 Å². The molecule has 0 aromatic carbocycles. The van der Waals surface area contributed by atoms with Gasteiger partial charge in [0.15, 0.2) is 0 Å². The standard InChI is InChI=1S/C15H26BrN3/c1-4-12-14(16)13(19(5-2)18-12)10-15(17)9-7-6-8-11(15)3/h11H,4-10,17H2,1-3H3. The number of aromatic nitrogens is 2. The van der Waals surface area contributed by atoms with Crippen LogP contribution in [0.25, 0.3) is 0 Å². The molecule has 2 atom stereocenters. The van der Waals surface area contributed by atoms with Crippen molar-refractivity contribution in [1.29, 1.82) is 0 Å². The van der Waals surface area contributed by atoms with Crippen molar-refractivity contribution in [3.05, 3.63) is 15.9 Å². The van der Waals surface area contributed by atoms with Gasteiger partial charge >= 0.3 is 0 Å². The van der Waals surface area contributed by atoms with Crippen molar-refractivity contribution in [1.82, 2.24) is 9.78 Å². The smallest absolute Gasteiger partial charge is 0.0766 e. The van der Waals surface area contributed by atoms with Crippen LogP contribution in [0.15, 0.2) is 4.47 Å². The Morgan fingerprint density at radius 2 is 2.16 bits per heavy atom. The molecule has 0 amide bonds. The minimum atomic E-state index is -0.0568. The first-order valence-electron chi connectivity index (χ1n) is 7.54. The predicted octanol–water partition coefficient (Wildman–Crippen LogP) is 3.68. The first-order chi connectivity index (χ1) is 9.01. The number of aryl methyl sites for hydroxylation is 2. The molecule has 3 nitrogen and oxygen atoms in total. The highest BCUT2D eigenvalue weighted by atomic mass is 79.9. The summed E-state index contributed by atoms with van der Waals surface area (Å²) in [5.41, 5.74) is 9.10. The van der Waals surface area contributed by atoms with Gasteiger partial charge in [0.1, 0.15) is 0 Å². The lowest BCUT2D eigenvalue weighted by molar-refractivity contribution is 0.200. The predicted molar refractivity (Wildman–Crippen MR) is 83.2 cm³/mol. The zero-order chi connectivity index (χ0) is 14.0. The summed E-state index contributed by atoms with van der Waals surface area (Å²) in [6.07, 6.45) is 6.89. The second-order valence-corrected chi connectivity index (χ2v) is 6.73. The highest BCUT2D eigenvalue weighted by Crippen LogP contribution is 2.36. The quantitative estimate of drug-likeness (QED) is 0.916. The van der Waals surface area contributed by atoms with Gasteiger partial charge in [-0.05, 0) is 48.0 Å². The van der Waals surface area contributed by atoms with Crippen LogP contribution in [-0.4, -0.2) is 15.3 Å². The minimum absolute atomic E-state index is 0.0568. The van der Waals surface area contributed by atoms with Gasteiger partial charge in [-0.25, -0.2) is 0 Å². The molecule has 1 heterocycles. The lowest BCUT2D eigenvalue weighted by Crippen LogP contribution is -2.50. The van der Waals surface area contributed by atoms with E-state index in [0.29, 0.717) is 5.92 Å². The first-order valence-corrected chi connectivity index (χ1v) is 8.34. The molecule has 2 unspecified atom stereocenters. The Labute approximate surface area is 125 Å². The van der Waals surface area contributed by atoms with Crippen molar-refractivity contribution in [2.75, 3.05) is 0 Å². The van der Waals surface area contributed by atoms with Gasteiger partial charge in [0, 0.05) is 18.5 Å². The van der Waals surface area contributed by atoms with Gasteiger partial charge in [-0.15, -0.1) is 0 Å². The SMILES string of the molecule is CCc1nn(CC)c(CC2(N)CCCCC2C)c1Br. The van der Waals surface area contributed by atoms with Crippen molar-refractivity contribution in [3.63, 3.8) is 0 Å². The molecule has 0 spiro atoms. The molecule has 1 aromatic rings. The average molecular weight is 328 g/mol. The summed E-state index contributed by atoms with van der Waals surface area (Å²) in [6, 6.07) is 0. The molecule has 0 radical (unpaired) electrons. The molecule has 0 aliphatic heterocycles. The van der Waals surface area contributed by atoms with Gasteiger partial charge in [-0.1, -0.05) is 26.7 Å². The summed E-state index contributed by atoms with van der Waals surface area (Å²) in [5.74, 6) is 0.596. The number of rotatable bonds is 4. The van der Waals surface area contributed by atoms with Crippen LogP contribution in [0.2, 0.25) is 0 Å². The Kier molecular flexibility index (Phi) is 4.72. The summed E-state index contributed by atoms with van der Waals surface area (Å²) in [7, 11) is 0. The van der Waals surface area contributed by atoms with Crippen LogP contribution in [0.1, 0.15) is 57.8 Å². The molecule has 108 valence electrons. The molecule has 0 bridgehead atoms. The molecule has 19 heavy (non-hydrogen) atoms. The third-order valence-electron chi connectivity index (χ3n) is 4.70. The lowest BCUT2D eigenvalue weighted by atomic mass is 9.72. The zero-order valence-electron chi connectivity index (χ0n) is 12.4. The van der Waals surface area contributed by atoms with Crippen molar-refractivity contribution in [2.24, 2.45) is 11.7 Å². The Hall–Kier alpha value is -0.350. The molecule has 1 fully saturated rings. The fraction of sp³-hybridized carbons (Fsp3) is 0.800. The highest BCUT2D eigenvalue weighted by Gasteiger charge is 2.36. The van der Waals surface area contributed by atoms with Crippen LogP contribution in [0.5, 0.6) is 0 Å². The van der Waals surface area contributed by atoms with Gasteiger partial charge in [0.05, 0.1) is 15.9 Å². The van der Waals surface area contributed by atoms with Gasteiger partial charge < -0.3 is 5.73 Å². The number of nitrogens with two attached hydrogens (primary N) is 1. The maximum atomic E-state index is 6.72. The van der Waals surface area contributed by atoms with E-state index < -0.39 is 0 Å². The average Bonchev–Trinajstić information content (AvgIpc) is 2.70. The van der Waals surface area contributed by atoms with E-state index in [4.69, 9.17) is 5.73 Å². The fourth-order valence-electron chi connectivity index (χ4n) is 3.20. The molecule has 4 heteroatoms. The maximum Gasteiger partial charge on any atom is 0.0766 e. The molecule has 1 aliphatic carbocycles. The van der Waals surface area contributed by atoms with Gasteiger partial charge in [-0.2, -0.15) is 5.10 Å². The summed E-state index contributed by atoms with van der Waals surface area (Å²) in [6.45, 7) is 7.52. The van der Waals surface area contributed by atoms with Crippen LogP contribution in [0.3, 0.4) is 0 Å².